The Kier molecular flexibility index (Phi) is 6.29. The van der Waals surface area contributed by atoms with Crippen molar-refractivity contribution in [2.45, 2.75) is 105 Å². The molecule has 0 aliphatic heterocycles. The number of fused-ring (bicyclic) bond motifs is 5. The van der Waals surface area contributed by atoms with E-state index in [1.54, 1.807) is 0 Å². The van der Waals surface area contributed by atoms with Gasteiger partial charge in [0.2, 0.25) is 0 Å². The van der Waals surface area contributed by atoms with Gasteiger partial charge in [0.1, 0.15) is 0 Å². The van der Waals surface area contributed by atoms with Gasteiger partial charge < -0.3 is 0 Å². The number of halogens is 3. The third-order valence-corrected chi connectivity index (χ3v) is 9.61. The molecule has 0 saturated heterocycles. The molecule has 4 fully saturated rings. The van der Waals surface area contributed by atoms with Gasteiger partial charge in [0.15, 0.2) is 0 Å². The number of rotatable bonds is 3. The van der Waals surface area contributed by atoms with E-state index in [2.05, 4.69) is 13.8 Å². The van der Waals surface area contributed by atoms with Crippen molar-refractivity contribution in [3.05, 3.63) is 0 Å². The molecule has 0 aromatic rings. The molecule has 27 heavy (non-hydrogen) atoms. The second-order valence-corrected chi connectivity index (χ2v) is 10.5. The van der Waals surface area contributed by atoms with Crippen molar-refractivity contribution < 1.29 is 13.2 Å². The zero-order valence-electron chi connectivity index (χ0n) is 16.7. The van der Waals surface area contributed by atoms with Gasteiger partial charge in [0.25, 0.3) is 0 Å². The highest BCUT2D eigenvalue weighted by Gasteiger charge is 2.56. The van der Waals surface area contributed by atoms with Gasteiger partial charge in [0.05, 0.1) is 0 Å². The molecule has 3 heteroatoms. The normalized spacial score (nSPS) is 46.8. The average molecular weight is 387 g/mol. The maximum atomic E-state index is 12.8. The smallest absolute Gasteiger partial charge is 0.171 e. The fourth-order valence-electron chi connectivity index (χ4n) is 8.24. The van der Waals surface area contributed by atoms with E-state index < -0.39 is 12.6 Å². The first-order valence-electron chi connectivity index (χ1n) is 11.4. The van der Waals surface area contributed by atoms with Crippen molar-refractivity contribution in [1.82, 2.24) is 0 Å². The molecule has 158 valence electrons. The second kappa shape index (κ2) is 7.90. The monoisotopic (exact) mass is 386 g/mol. The van der Waals surface area contributed by atoms with E-state index in [0.717, 1.165) is 36.0 Å². The van der Waals surface area contributed by atoms with Crippen molar-refractivity contribution in [2.75, 3.05) is 0 Å². The van der Waals surface area contributed by atoms with E-state index in [1.165, 1.54) is 57.8 Å². The zero-order chi connectivity index (χ0) is 18.5. The van der Waals surface area contributed by atoms with Crippen molar-refractivity contribution in [2.24, 2.45) is 46.8 Å². The number of alkyl halides is 3. The van der Waals surface area contributed by atoms with Crippen LogP contribution in [-0.2, 0) is 0 Å². The van der Waals surface area contributed by atoms with Gasteiger partial charge in [-0.2, -0.15) is 13.2 Å². The van der Waals surface area contributed by atoms with Gasteiger partial charge in [-0.1, -0.05) is 34.1 Å². The highest BCUT2D eigenvalue weighted by molar-refractivity contribution is 5.06. The average Bonchev–Trinajstić information content (AvgIpc) is 2.95. The van der Waals surface area contributed by atoms with Crippen LogP contribution in [0.1, 0.15) is 98.3 Å². The molecular formula is C24H41F3. The van der Waals surface area contributed by atoms with Crippen LogP contribution in [0.4, 0.5) is 13.2 Å². The van der Waals surface area contributed by atoms with Crippen molar-refractivity contribution in [3.63, 3.8) is 0 Å². The molecule has 4 aliphatic carbocycles. The minimum Gasteiger partial charge on any atom is -0.171 e. The van der Waals surface area contributed by atoms with Gasteiger partial charge in [-0.3, -0.25) is 0 Å². The van der Waals surface area contributed by atoms with E-state index in [4.69, 9.17) is 0 Å². The molecule has 4 saturated carbocycles. The summed E-state index contributed by atoms with van der Waals surface area (Å²) in [6.45, 7) is 4.71. The first kappa shape index (κ1) is 21.5. The van der Waals surface area contributed by atoms with Gasteiger partial charge in [0, 0.05) is 6.42 Å². The summed E-state index contributed by atoms with van der Waals surface area (Å²) in [6, 6.07) is 0. The fraction of sp³-hybridized carbons (Fsp3) is 1.00. The largest absolute Gasteiger partial charge is 0.389 e. The van der Waals surface area contributed by atoms with E-state index in [-0.39, 0.29) is 12.8 Å². The van der Waals surface area contributed by atoms with Gasteiger partial charge >= 0.3 is 6.18 Å². The van der Waals surface area contributed by atoms with E-state index in [1.807, 2.05) is 0 Å². The lowest BCUT2D eigenvalue weighted by Gasteiger charge is -2.56. The Morgan fingerprint density at radius 1 is 0.889 bits per heavy atom. The molecule has 8 atom stereocenters. The summed E-state index contributed by atoms with van der Waals surface area (Å²) in [4.78, 5) is 0. The molecule has 0 spiro atoms. The van der Waals surface area contributed by atoms with Crippen molar-refractivity contribution >= 4 is 0 Å². The minimum absolute atomic E-state index is 0. The third kappa shape index (κ3) is 3.95. The van der Waals surface area contributed by atoms with Crippen LogP contribution in [0.2, 0.25) is 0 Å². The Hall–Kier alpha value is -0.210. The molecule has 4 rings (SSSR count). The first-order chi connectivity index (χ1) is 12.3. The lowest BCUT2D eigenvalue weighted by atomic mass is 9.49. The molecule has 0 nitrogen and oxygen atoms in total. The molecule has 0 heterocycles. The highest BCUT2D eigenvalue weighted by atomic mass is 19.4. The Balaban J connectivity index is 0.00000210. The summed E-state index contributed by atoms with van der Waals surface area (Å²) in [5.74, 6) is 5.60. The molecule has 0 aromatic carbocycles. The summed E-state index contributed by atoms with van der Waals surface area (Å²) in [5, 5.41) is 0. The molecule has 0 N–H and O–H groups in total. The minimum atomic E-state index is -3.98. The summed E-state index contributed by atoms with van der Waals surface area (Å²) in [7, 11) is 0. The van der Waals surface area contributed by atoms with Crippen LogP contribution < -0.4 is 0 Å². The van der Waals surface area contributed by atoms with Crippen LogP contribution >= 0.6 is 0 Å². The predicted octanol–water partition coefficient (Wildman–Crippen LogP) is 8.26. The summed E-state index contributed by atoms with van der Waals surface area (Å²) < 4.78 is 38.3. The van der Waals surface area contributed by atoms with E-state index in [9.17, 15) is 13.2 Å². The van der Waals surface area contributed by atoms with Crippen LogP contribution in [0.15, 0.2) is 0 Å². The Bertz CT molecular complexity index is 498. The van der Waals surface area contributed by atoms with Crippen LogP contribution in [0.3, 0.4) is 0 Å². The van der Waals surface area contributed by atoms with Crippen LogP contribution in [-0.4, -0.2) is 6.18 Å². The lowest BCUT2D eigenvalue weighted by molar-refractivity contribution is -0.141. The maximum Gasteiger partial charge on any atom is 0.389 e. The summed E-state index contributed by atoms with van der Waals surface area (Å²) in [6.07, 6.45) is 9.01. The Labute approximate surface area is 165 Å². The van der Waals surface area contributed by atoms with Crippen LogP contribution in [0, 0.1) is 46.8 Å². The quantitative estimate of drug-likeness (QED) is 0.458. The molecule has 0 bridgehead atoms. The zero-order valence-corrected chi connectivity index (χ0v) is 16.7. The predicted molar refractivity (Wildman–Crippen MR) is 106 cm³/mol. The van der Waals surface area contributed by atoms with Crippen LogP contribution in [0.5, 0.6) is 0 Å². The first-order valence-corrected chi connectivity index (χ1v) is 11.4. The summed E-state index contributed by atoms with van der Waals surface area (Å²) >= 11 is 0. The number of hydrogen-bond donors (Lipinski definition) is 0. The Morgan fingerprint density at radius 2 is 1.63 bits per heavy atom. The fourth-order valence-corrected chi connectivity index (χ4v) is 8.24. The molecule has 3 unspecified atom stereocenters. The third-order valence-electron chi connectivity index (χ3n) is 9.61. The maximum absolute atomic E-state index is 12.8. The van der Waals surface area contributed by atoms with E-state index >= 15 is 0 Å². The standard InChI is InChI=1S/C23H37F3.CH4/c1-3-15-4-7-18-16(14-15)5-8-20-19(18)11-12-22(2)17(6-9-21(20)22)10-13-23(24,25)26;/h15-21H,3-14H2,1-2H3;1H4/t15-,16+,17?,18-,19?,20+,21?,22+;/m0./s1. The molecule has 0 aromatic heterocycles. The lowest BCUT2D eigenvalue weighted by Crippen LogP contribution is -2.48. The molecule has 4 aliphatic rings. The van der Waals surface area contributed by atoms with Crippen molar-refractivity contribution in [1.29, 1.82) is 0 Å². The number of hydrogen-bond acceptors (Lipinski definition) is 0. The molecular weight excluding hydrogens is 345 g/mol. The SMILES string of the molecule is C.CC[C@H]1CC[C@@H]2C3CC[C@]4(C)C(CCC(F)(F)F)CCC4[C@@H]3CC[C@@H]2C1. The molecule has 0 radical (unpaired) electrons. The van der Waals surface area contributed by atoms with Gasteiger partial charge in [-0.25, -0.2) is 0 Å². The van der Waals surface area contributed by atoms with Crippen LogP contribution in [0.25, 0.3) is 0 Å². The molecule has 0 amide bonds. The van der Waals surface area contributed by atoms with Gasteiger partial charge in [-0.15, -0.1) is 0 Å². The second-order valence-electron chi connectivity index (χ2n) is 10.5. The summed E-state index contributed by atoms with van der Waals surface area (Å²) in [5.41, 5.74) is 0.194. The van der Waals surface area contributed by atoms with Gasteiger partial charge in [-0.05, 0) is 105 Å². The Morgan fingerprint density at radius 3 is 2.33 bits per heavy atom. The van der Waals surface area contributed by atoms with Crippen molar-refractivity contribution in [3.8, 4) is 0 Å². The van der Waals surface area contributed by atoms with E-state index in [0.29, 0.717) is 18.3 Å². The topological polar surface area (TPSA) is 0 Å². The highest BCUT2D eigenvalue weighted by Crippen LogP contribution is 2.65.